The van der Waals surface area contributed by atoms with E-state index in [-0.39, 0.29) is 47.6 Å². The molecular weight excluding hydrogens is 551 g/mol. The number of carboxylic acid groups (broad SMARTS) is 1. The van der Waals surface area contributed by atoms with E-state index in [9.17, 15) is 23.1 Å². The van der Waals surface area contributed by atoms with Crippen LogP contribution in [0.4, 0.5) is 19.0 Å². The zero-order valence-corrected chi connectivity index (χ0v) is 23.1. The molecule has 0 spiro atoms. The fourth-order valence-electron chi connectivity index (χ4n) is 6.85. The number of aromatic nitrogens is 2. The van der Waals surface area contributed by atoms with Gasteiger partial charge in [0.15, 0.2) is 0 Å². The van der Waals surface area contributed by atoms with Gasteiger partial charge in [-0.1, -0.05) is 24.2 Å². The summed E-state index contributed by atoms with van der Waals surface area (Å²) < 4.78 is 55.9. The number of carboxylic acids is 1. The van der Waals surface area contributed by atoms with Crippen molar-refractivity contribution >= 4 is 11.8 Å². The minimum absolute atomic E-state index is 0.0552. The van der Waals surface area contributed by atoms with Crippen molar-refractivity contribution in [1.29, 1.82) is 0 Å². The Morgan fingerprint density at radius 2 is 1.88 bits per heavy atom. The molecule has 7 rings (SSSR count). The van der Waals surface area contributed by atoms with Gasteiger partial charge in [0.05, 0.1) is 18.3 Å². The van der Waals surface area contributed by atoms with Crippen molar-refractivity contribution in [2.45, 2.75) is 94.9 Å². The Morgan fingerprint density at radius 1 is 1.12 bits per heavy atom. The third-order valence-electron chi connectivity index (χ3n) is 9.09. The average molecular weight is 584 g/mol. The molecule has 2 saturated heterocycles. The highest BCUT2D eigenvalue weighted by Gasteiger charge is 2.47. The summed E-state index contributed by atoms with van der Waals surface area (Å²) in [6.07, 6.45) is 3.10. The lowest BCUT2D eigenvalue weighted by Crippen LogP contribution is -2.47. The summed E-state index contributed by atoms with van der Waals surface area (Å²) in [7, 11) is 0. The number of hydrogen-bond acceptors (Lipinski definition) is 7. The van der Waals surface area contributed by atoms with Gasteiger partial charge in [-0.2, -0.15) is 0 Å². The zero-order chi connectivity index (χ0) is 29.2. The number of nitrogens with zero attached hydrogens (tertiary/aromatic N) is 3. The van der Waals surface area contributed by atoms with E-state index in [1.165, 1.54) is 18.3 Å². The summed E-state index contributed by atoms with van der Waals surface area (Å²) in [6.45, 7) is 2.42. The maximum Gasteiger partial charge on any atom is 0.573 e. The number of para-hydroxylation sites is 1. The standard InChI is InChI=1S/C31H32F3N3O5/c1-16-10-20-12-21(13-25(16)37(20)29-23(17-6-7-17)11-19(14-35-29)30(38)39)40-15-24-27(36-42-28(24)18-8-9-18)22-4-2-3-5-26(22)41-31(32,33)34/h2-5,11,14,16-18,20-21,25H,6-10,12-13,15H2,1H3,(H,38,39)/t16-,20?,21?,25?/m1/s1. The van der Waals surface area contributed by atoms with Crippen molar-refractivity contribution in [2.75, 3.05) is 4.90 Å². The summed E-state index contributed by atoms with van der Waals surface area (Å²) >= 11 is 0. The minimum atomic E-state index is -4.83. The number of benzene rings is 1. The van der Waals surface area contributed by atoms with Gasteiger partial charge in [0.1, 0.15) is 23.0 Å². The summed E-state index contributed by atoms with van der Waals surface area (Å²) in [5.41, 5.74) is 2.47. The topological polar surface area (TPSA) is 97.9 Å². The molecule has 2 aliphatic carbocycles. The maximum absolute atomic E-state index is 13.1. The second-order valence-electron chi connectivity index (χ2n) is 12.2. The first-order valence-electron chi connectivity index (χ1n) is 14.6. The number of piperidine rings is 1. The molecule has 4 heterocycles. The lowest BCUT2D eigenvalue weighted by atomic mass is 9.95. The summed E-state index contributed by atoms with van der Waals surface area (Å²) in [5.74, 6) is 1.25. The SMILES string of the molecule is C[C@@H]1CC2CC(OCc3c(-c4ccccc4OC(F)(F)F)noc3C3CC3)CC1N2c1ncc(C(=O)O)cc1C1CC1. The highest BCUT2D eigenvalue weighted by molar-refractivity contribution is 5.88. The summed E-state index contributed by atoms with van der Waals surface area (Å²) in [5, 5.41) is 13.7. The molecular formula is C31H32F3N3O5. The van der Waals surface area contributed by atoms with Crippen molar-refractivity contribution in [3.63, 3.8) is 0 Å². The number of alkyl halides is 3. The molecule has 1 N–H and O–H groups in total. The third-order valence-corrected chi connectivity index (χ3v) is 9.09. The van der Waals surface area contributed by atoms with Crippen LogP contribution in [-0.2, 0) is 11.3 Å². The van der Waals surface area contributed by atoms with E-state index in [2.05, 4.69) is 26.7 Å². The van der Waals surface area contributed by atoms with Crippen LogP contribution in [0.3, 0.4) is 0 Å². The number of pyridine rings is 1. The van der Waals surface area contributed by atoms with Crippen molar-refractivity contribution < 1.29 is 37.1 Å². The van der Waals surface area contributed by atoms with E-state index in [0.29, 0.717) is 28.9 Å². The molecule has 3 aromatic rings. The first-order valence-corrected chi connectivity index (χ1v) is 14.6. The number of carbonyl (C=O) groups is 1. The molecule has 2 aliphatic heterocycles. The molecule has 3 unspecified atom stereocenters. The van der Waals surface area contributed by atoms with Crippen LogP contribution < -0.4 is 9.64 Å². The van der Waals surface area contributed by atoms with Crippen LogP contribution in [0.1, 0.15) is 91.0 Å². The molecule has 4 fully saturated rings. The van der Waals surface area contributed by atoms with E-state index in [4.69, 9.17) is 9.26 Å². The number of fused-ring (bicyclic) bond motifs is 2. The Kier molecular flexibility index (Phi) is 6.67. The number of ether oxygens (including phenoxy) is 2. The quantitative estimate of drug-likeness (QED) is 0.286. The Hall–Kier alpha value is -3.60. The van der Waals surface area contributed by atoms with E-state index in [0.717, 1.165) is 56.3 Å². The molecule has 0 amide bonds. The molecule has 1 aromatic carbocycles. The fraction of sp³-hybridized carbons (Fsp3) is 0.516. The molecule has 11 heteroatoms. The fourth-order valence-corrected chi connectivity index (χ4v) is 6.85. The van der Waals surface area contributed by atoms with Crippen LogP contribution in [0.15, 0.2) is 41.1 Å². The van der Waals surface area contributed by atoms with Gasteiger partial charge in [0.2, 0.25) is 0 Å². The van der Waals surface area contributed by atoms with Crippen LogP contribution in [0.5, 0.6) is 5.75 Å². The van der Waals surface area contributed by atoms with Gasteiger partial charge < -0.3 is 24.0 Å². The van der Waals surface area contributed by atoms with E-state index >= 15 is 0 Å². The largest absolute Gasteiger partial charge is 0.573 e. The monoisotopic (exact) mass is 583 g/mol. The third kappa shape index (κ3) is 5.23. The Bertz CT molecular complexity index is 1500. The first kappa shape index (κ1) is 27.2. The number of aromatic carboxylic acids is 1. The summed E-state index contributed by atoms with van der Waals surface area (Å²) in [4.78, 5) is 18.7. The summed E-state index contributed by atoms with van der Waals surface area (Å²) in [6, 6.07) is 8.17. The van der Waals surface area contributed by atoms with Crippen molar-refractivity contribution in [3.05, 3.63) is 59.0 Å². The first-order chi connectivity index (χ1) is 20.2. The second-order valence-corrected chi connectivity index (χ2v) is 12.2. The van der Waals surface area contributed by atoms with Crippen LogP contribution in [-0.4, -0.2) is 45.8 Å². The van der Waals surface area contributed by atoms with Crippen molar-refractivity contribution in [3.8, 4) is 17.0 Å². The highest BCUT2D eigenvalue weighted by atomic mass is 19.4. The zero-order valence-electron chi connectivity index (χ0n) is 23.1. The smallest absolute Gasteiger partial charge is 0.478 e. The molecule has 4 aliphatic rings. The molecule has 8 nitrogen and oxygen atoms in total. The van der Waals surface area contributed by atoms with Gasteiger partial charge in [-0.25, -0.2) is 9.78 Å². The van der Waals surface area contributed by atoms with Crippen LogP contribution in [0, 0.1) is 5.92 Å². The lowest BCUT2D eigenvalue weighted by Gasteiger charge is -2.41. The predicted molar refractivity (Wildman–Crippen MR) is 145 cm³/mol. The molecule has 0 radical (unpaired) electrons. The number of halogens is 3. The lowest BCUT2D eigenvalue weighted by molar-refractivity contribution is -0.274. The predicted octanol–water partition coefficient (Wildman–Crippen LogP) is 7.05. The highest BCUT2D eigenvalue weighted by Crippen LogP contribution is 2.50. The Labute approximate surface area is 240 Å². The van der Waals surface area contributed by atoms with Crippen molar-refractivity contribution in [1.82, 2.24) is 10.1 Å². The second kappa shape index (κ2) is 10.3. The molecule has 2 aromatic heterocycles. The number of rotatable bonds is 9. The van der Waals surface area contributed by atoms with Gasteiger partial charge in [-0.3, -0.25) is 0 Å². The van der Waals surface area contributed by atoms with Gasteiger partial charge in [-0.15, -0.1) is 13.2 Å². The average Bonchev–Trinajstić information content (AvgIpc) is 3.88. The van der Waals surface area contributed by atoms with Gasteiger partial charge in [-0.05, 0) is 80.5 Å². The van der Waals surface area contributed by atoms with Crippen LogP contribution in [0.2, 0.25) is 0 Å². The Balaban J connectivity index is 1.12. The normalized spacial score (nSPS) is 25.6. The molecule has 4 atom stereocenters. The molecule has 42 heavy (non-hydrogen) atoms. The molecule has 2 bridgehead atoms. The van der Waals surface area contributed by atoms with E-state index in [1.54, 1.807) is 18.2 Å². The van der Waals surface area contributed by atoms with Crippen molar-refractivity contribution in [2.24, 2.45) is 5.92 Å². The Morgan fingerprint density at radius 3 is 2.57 bits per heavy atom. The number of hydrogen-bond donors (Lipinski definition) is 1. The number of anilines is 1. The van der Waals surface area contributed by atoms with E-state index < -0.39 is 12.3 Å². The van der Waals surface area contributed by atoms with E-state index in [1.807, 2.05) is 0 Å². The molecule has 222 valence electrons. The van der Waals surface area contributed by atoms with Gasteiger partial charge in [0.25, 0.3) is 0 Å². The van der Waals surface area contributed by atoms with Crippen LogP contribution >= 0.6 is 0 Å². The molecule has 2 saturated carbocycles. The van der Waals surface area contributed by atoms with Gasteiger partial charge in [0, 0.05) is 35.3 Å². The van der Waals surface area contributed by atoms with Crippen LogP contribution in [0.25, 0.3) is 11.3 Å². The minimum Gasteiger partial charge on any atom is -0.478 e. The maximum atomic E-state index is 13.1. The van der Waals surface area contributed by atoms with Gasteiger partial charge >= 0.3 is 12.3 Å².